The van der Waals surface area contributed by atoms with Crippen molar-refractivity contribution in [3.8, 4) is 0 Å². The summed E-state index contributed by atoms with van der Waals surface area (Å²) in [5.41, 5.74) is -0.957. The summed E-state index contributed by atoms with van der Waals surface area (Å²) in [5, 5.41) is 0. The molecule has 1 aliphatic rings. The van der Waals surface area contributed by atoms with Crippen LogP contribution in [0.4, 0.5) is 0 Å². The van der Waals surface area contributed by atoms with Gasteiger partial charge in [0.1, 0.15) is 5.41 Å². The maximum atomic E-state index is 12.1. The summed E-state index contributed by atoms with van der Waals surface area (Å²) in [7, 11) is 1.33. The van der Waals surface area contributed by atoms with E-state index in [0.717, 1.165) is 0 Å². The Labute approximate surface area is 89.9 Å². The quantitative estimate of drug-likeness (QED) is 0.523. The molecule has 4 heteroatoms. The Balaban J connectivity index is 2.94. The Morgan fingerprint density at radius 2 is 1.80 bits per heavy atom. The molecule has 0 amide bonds. The second-order valence-corrected chi connectivity index (χ2v) is 4.21. The molecule has 0 unspecified atom stereocenters. The number of carbonyl (C=O) groups excluding carboxylic acids is 2. The molecule has 0 aromatic heterocycles. The maximum Gasteiger partial charge on any atom is 0.319 e. The molecule has 0 aromatic rings. The fraction of sp³-hybridized carbons (Fsp3) is 0.818. The van der Waals surface area contributed by atoms with Crippen LogP contribution in [-0.2, 0) is 19.1 Å². The van der Waals surface area contributed by atoms with E-state index >= 15 is 0 Å². The molecule has 0 N–H and O–H groups in total. The van der Waals surface area contributed by atoms with Gasteiger partial charge in [-0.2, -0.15) is 0 Å². The number of hydrogen-bond donors (Lipinski definition) is 0. The predicted molar refractivity (Wildman–Crippen MR) is 54.3 cm³/mol. The minimum absolute atomic E-state index is 0.0300. The lowest BCUT2D eigenvalue weighted by molar-refractivity contribution is -0.165. The van der Waals surface area contributed by atoms with Gasteiger partial charge in [-0.1, -0.05) is 13.8 Å². The Morgan fingerprint density at radius 3 is 2.20 bits per heavy atom. The highest BCUT2D eigenvalue weighted by molar-refractivity contribution is 6.04. The maximum absolute atomic E-state index is 12.1. The van der Waals surface area contributed by atoms with Crippen LogP contribution in [0.25, 0.3) is 0 Å². The Kier molecular flexibility index (Phi) is 3.85. The first kappa shape index (κ1) is 12.2. The van der Waals surface area contributed by atoms with E-state index in [4.69, 9.17) is 9.47 Å². The van der Waals surface area contributed by atoms with Crippen LogP contribution in [0.5, 0.6) is 0 Å². The van der Waals surface area contributed by atoms with Crippen LogP contribution < -0.4 is 0 Å². The average Bonchev–Trinajstić information content (AvgIpc) is 2.27. The molecule has 0 saturated carbocycles. The Bertz CT molecular complexity index is 251. The van der Waals surface area contributed by atoms with Gasteiger partial charge in [0.15, 0.2) is 5.78 Å². The topological polar surface area (TPSA) is 52.6 Å². The number of carbonyl (C=O) groups is 2. The molecule has 0 aromatic carbocycles. The molecule has 1 fully saturated rings. The zero-order valence-electron chi connectivity index (χ0n) is 9.54. The van der Waals surface area contributed by atoms with Crippen molar-refractivity contribution < 1.29 is 19.1 Å². The largest absolute Gasteiger partial charge is 0.468 e. The van der Waals surface area contributed by atoms with E-state index in [2.05, 4.69) is 0 Å². The average molecular weight is 214 g/mol. The first-order valence-electron chi connectivity index (χ1n) is 5.25. The minimum Gasteiger partial charge on any atom is -0.468 e. The second-order valence-electron chi connectivity index (χ2n) is 4.21. The van der Waals surface area contributed by atoms with Crippen molar-refractivity contribution >= 4 is 11.8 Å². The molecule has 1 heterocycles. The summed E-state index contributed by atoms with van der Waals surface area (Å²) in [6.07, 6.45) is 0.882. The standard InChI is InChI=1S/C11H18O4/c1-8(2)9(12)11(10(13)14-3)4-6-15-7-5-11/h8H,4-7H2,1-3H3. The van der Waals surface area contributed by atoms with Gasteiger partial charge in [-0.25, -0.2) is 0 Å². The summed E-state index contributed by atoms with van der Waals surface area (Å²) in [6, 6.07) is 0. The lowest BCUT2D eigenvalue weighted by Gasteiger charge is -2.34. The van der Waals surface area contributed by atoms with E-state index in [0.29, 0.717) is 26.1 Å². The first-order valence-corrected chi connectivity index (χ1v) is 5.25. The van der Waals surface area contributed by atoms with Crippen molar-refractivity contribution in [1.82, 2.24) is 0 Å². The smallest absolute Gasteiger partial charge is 0.319 e. The molecule has 0 aliphatic carbocycles. The highest BCUT2D eigenvalue weighted by atomic mass is 16.5. The van der Waals surface area contributed by atoms with Gasteiger partial charge in [-0.05, 0) is 12.8 Å². The lowest BCUT2D eigenvalue weighted by Crippen LogP contribution is -2.46. The molecule has 86 valence electrons. The molecule has 0 bridgehead atoms. The fourth-order valence-electron chi connectivity index (χ4n) is 2.02. The Hall–Kier alpha value is -0.900. The lowest BCUT2D eigenvalue weighted by atomic mass is 9.73. The molecule has 4 nitrogen and oxygen atoms in total. The van der Waals surface area contributed by atoms with Gasteiger partial charge in [-0.3, -0.25) is 9.59 Å². The third kappa shape index (κ3) is 2.20. The molecule has 0 atom stereocenters. The molecule has 1 saturated heterocycles. The van der Waals surface area contributed by atoms with Crippen LogP contribution in [-0.4, -0.2) is 32.1 Å². The van der Waals surface area contributed by atoms with Crippen LogP contribution >= 0.6 is 0 Å². The summed E-state index contributed by atoms with van der Waals surface area (Å²) in [4.78, 5) is 23.8. The van der Waals surface area contributed by atoms with E-state index in [1.54, 1.807) is 0 Å². The van der Waals surface area contributed by atoms with Crippen LogP contribution in [0.15, 0.2) is 0 Å². The van der Waals surface area contributed by atoms with E-state index in [-0.39, 0.29) is 11.7 Å². The van der Waals surface area contributed by atoms with E-state index < -0.39 is 11.4 Å². The number of ketones is 1. The van der Waals surface area contributed by atoms with E-state index in [9.17, 15) is 9.59 Å². The van der Waals surface area contributed by atoms with Crippen molar-refractivity contribution in [3.05, 3.63) is 0 Å². The molecule has 15 heavy (non-hydrogen) atoms. The van der Waals surface area contributed by atoms with Gasteiger partial charge in [0.05, 0.1) is 7.11 Å². The number of hydrogen-bond acceptors (Lipinski definition) is 4. The number of methoxy groups -OCH3 is 1. The van der Waals surface area contributed by atoms with Crippen molar-refractivity contribution in [1.29, 1.82) is 0 Å². The summed E-state index contributed by atoms with van der Waals surface area (Å²) in [5.74, 6) is -0.593. The third-order valence-electron chi connectivity index (χ3n) is 2.92. The third-order valence-corrected chi connectivity index (χ3v) is 2.92. The number of Topliss-reactive ketones (excluding diaryl/α,β-unsaturated/α-hetero) is 1. The molecular formula is C11H18O4. The van der Waals surface area contributed by atoms with Gasteiger partial charge in [0.2, 0.25) is 0 Å². The molecule has 0 spiro atoms. The van der Waals surface area contributed by atoms with Gasteiger partial charge in [0, 0.05) is 19.1 Å². The SMILES string of the molecule is COC(=O)C1(C(=O)C(C)C)CCOCC1. The summed E-state index contributed by atoms with van der Waals surface area (Å²) in [6.45, 7) is 4.52. The number of rotatable bonds is 3. The van der Waals surface area contributed by atoms with Crippen molar-refractivity contribution in [2.45, 2.75) is 26.7 Å². The van der Waals surface area contributed by atoms with Crippen LogP contribution in [0.3, 0.4) is 0 Å². The highest BCUT2D eigenvalue weighted by Gasteiger charge is 2.48. The second kappa shape index (κ2) is 4.75. The van der Waals surface area contributed by atoms with Crippen LogP contribution in [0, 0.1) is 11.3 Å². The minimum atomic E-state index is -0.957. The van der Waals surface area contributed by atoms with E-state index in [1.807, 2.05) is 13.8 Å². The van der Waals surface area contributed by atoms with Crippen LogP contribution in [0.2, 0.25) is 0 Å². The molecule has 1 aliphatic heterocycles. The van der Waals surface area contributed by atoms with Crippen molar-refractivity contribution in [2.75, 3.05) is 20.3 Å². The summed E-state index contributed by atoms with van der Waals surface area (Å²) >= 11 is 0. The molecular weight excluding hydrogens is 196 g/mol. The monoisotopic (exact) mass is 214 g/mol. The zero-order valence-corrected chi connectivity index (χ0v) is 9.54. The molecule has 1 rings (SSSR count). The number of esters is 1. The van der Waals surface area contributed by atoms with Crippen molar-refractivity contribution in [3.63, 3.8) is 0 Å². The highest BCUT2D eigenvalue weighted by Crippen LogP contribution is 2.35. The predicted octanol–water partition coefficient (Wildman–Crippen LogP) is 1.18. The normalized spacial score (nSPS) is 20.0. The zero-order chi connectivity index (χ0) is 11.5. The van der Waals surface area contributed by atoms with Gasteiger partial charge < -0.3 is 9.47 Å². The van der Waals surface area contributed by atoms with Gasteiger partial charge >= 0.3 is 5.97 Å². The number of ether oxygens (including phenoxy) is 2. The Morgan fingerprint density at radius 1 is 1.27 bits per heavy atom. The summed E-state index contributed by atoms with van der Waals surface area (Å²) < 4.78 is 9.94. The first-order chi connectivity index (χ1) is 7.04. The van der Waals surface area contributed by atoms with Crippen LogP contribution in [0.1, 0.15) is 26.7 Å². The van der Waals surface area contributed by atoms with Crippen molar-refractivity contribution in [2.24, 2.45) is 11.3 Å². The molecule has 0 radical (unpaired) electrons. The fourth-order valence-corrected chi connectivity index (χ4v) is 2.02. The van der Waals surface area contributed by atoms with Gasteiger partial charge in [0.25, 0.3) is 0 Å². The van der Waals surface area contributed by atoms with E-state index in [1.165, 1.54) is 7.11 Å². The van der Waals surface area contributed by atoms with Gasteiger partial charge in [-0.15, -0.1) is 0 Å².